The number of aromatic nitrogens is 3. The highest BCUT2D eigenvalue weighted by atomic mass is 32.1. The third kappa shape index (κ3) is 4.78. The Bertz CT molecular complexity index is 1190. The number of benzene rings is 1. The third-order valence-electron chi connectivity index (χ3n) is 4.79. The van der Waals surface area contributed by atoms with E-state index in [1.165, 1.54) is 0 Å². The average Bonchev–Trinajstić information content (AvgIpc) is 3.24. The molecule has 0 aliphatic rings. The Morgan fingerprint density at radius 1 is 1.10 bits per heavy atom. The molecule has 4 aromatic rings. The summed E-state index contributed by atoms with van der Waals surface area (Å²) in [5.74, 6) is 0.578. The van der Waals surface area contributed by atoms with Crippen LogP contribution in [0.3, 0.4) is 0 Å². The van der Waals surface area contributed by atoms with Crippen LogP contribution in [0.5, 0.6) is 0 Å². The fraction of sp³-hybridized carbons (Fsp3) is 0.167. The molecule has 4 rings (SSSR count). The van der Waals surface area contributed by atoms with E-state index < -0.39 is 0 Å². The SMILES string of the molecule is Cc1cc(C(=O)NCc2ccc(-c3nc(N(C)C)ncc3-c3ccccn3)cc2)cs1. The van der Waals surface area contributed by atoms with Crippen LogP contribution in [-0.4, -0.2) is 35.0 Å². The van der Waals surface area contributed by atoms with E-state index in [-0.39, 0.29) is 5.91 Å². The molecule has 0 saturated heterocycles. The van der Waals surface area contributed by atoms with Crippen LogP contribution in [-0.2, 0) is 6.54 Å². The Balaban J connectivity index is 1.58. The van der Waals surface area contributed by atoms with E-state index in [1.54, 1.807) is 17.5 Å². The lowest BCUT2D eigenvalue weighted by Crippen LogP contribution is -2.22. The second kappa shape index (κ2) is 9.06. The number of nitrogens with one attached hydrogen (secondary N) is 1. The van der Waals surface area contributed by atoms with Crippen LogP contribution in [0, 0.1) is 6.92 Å². The van der Waals surface area contributed by atoms with Gasteiger partial charge in [-0.1, -0.05) is 30.3 Å². The lowest BCUT2D eigenvalue weighted by Gasteiger charge is -2.14. The molecule has 0 bridgehead atoms. The highest BCUT2D eigenvalue weighted by Crippen LogP contribution is 2.30. The number of anilines is 1. The van der Waals surface area contributed by atoms with Crippen LogP contribution in [0.15, 0.2) is 66.3 Å². The van der Waals surface area contributed by atoms with Crippen molar-refractivity contribution in [3.63, 3.8) is 0 Å². The molecule has 6 nitrogen and oxygen atoms in total. The predicted molar refractivity (Wildman–Crippen MR) is 125 cm³/mol. The largest absolute Gasteiger partial charge is 0.348 e. The molecule has 3 heterocycles. The van der Waals surface area contributed by atoms with E-state index in [4.69, 9.17) is 4.98 Å². The molecular formula is C24H23N5OS. The summed E-state index contributed by atoms with van der Waals surface area (Å²) in [5.41, 5.74) is 5.21. The minimum atomic E-state index is -0.0581. The van der Waals surface area contributed by atoms with E-state index in [0.29, 0.717) is 18.1 Å². The lowest BCUT2D eigenvalue weighted by atomic mass is 10.0. The van der Waals surface area contributed by atoms with E-state index >= 15 is 0 Å². The summed E-state index contributed by atoms with van der Waals surface area (Å²) in [6, 6.07) is 15.7. The molecule has 0 atom stereocenters. The van der Waals surface area contributed by atoms with E-state index in [2.05, 4.69) is 15.3 Å². The fourth-order valence-electron chi connectivity index (χ4n) is 3.14. The molecular weight excluding hydrogens is 406 g/mol. The van der Waals surface area contributed by atoms with Gasteiger partial charge >= 0.3 is 0 Å². The van der Waals surface area contributed by atoms with Gasteiger partial charge in [0.25, 0.3) is 5.91 Å². The van der Waals surface area contributed by atoms with Crippen molar-refractivity contribution < 1.29 is 4.79 Å². The number of carbonyl (C=O) groups excluding carboxylic acids is 1. The maximum atomic E-state index is 12.3. The summed E-state index contributed by atoms with van der Waals surface area (Å²) in [6.45, 7) is 2.46. The topological polar surface area (TPSA) is 71.0 Å². The number of thiophene rings is 1. The zero-order chi connectivity index (χ0) is 21.8. The van der Waals surface area contributed by atoms with Gasteiger partial charge in [0.05, 0.1) is 17.0 Å². The Morgan fingerprint density at radius 3 is 2.55 bits per heavy atom. The van der Waals surface area contributed by atoms with Gasteiger partial charge in [-0.25, -0.2) is 9.97 Å². The predicted octanol–water partition coefficient (Wildman–Crippen LogP) is 4.57. The molecule has 3 aromatic heterocycles. The second-order valence-corrected chi connectivity index (χ2v) is 8.48. The zero-order valence-electron chi connectivity index (χ0n) is 17.7. The molecule has 1 N–H and O–H groups in total. The maximum absolute atomic E-state index is 12.3. The van der Waals surface area contributed by atoms with Crippen molar-refractivity contribution in [2.24, 2.45) is 0 Å². The molecule has 0 aliphatic heterocycles. The Hall–Kier alpha value is -3.58. The van der Waals surface area contributed by atoms with Gasteiger partial charge in [-0.2, -0.15) is 0 Å². The fourth-order valence-corrected chi connectivity index (χ4v) is 3.83. The molecule has 1 aromatic carbocycles. The van der Waals surface area contributed by atoms with Crippen LogP contribution in [0.25, 0.3) is 22.5 Å². The number of carbonyl (C=O) groups is 1. The van der Waals surface area contributed by atoms with Crippen molar-refractivity contribution >= 4 is 23.2 Å². The van der Waals surface area contributed by atoms with Crippen LogP contribution < -0.4 is 10.2 Å². The molecule has 0 aliphatic carbocycles. The Kier molecular flexibility index (Phi) is 6.04. The van der Waals surface area contributed by atoms with Gasteiger partial charge in [-0.05, 0) is 30.7 Å². The lowest BCUT2D eigenvalue weighted by molar-refractivity contribution is 0.0951. The molecule has 7 heteroatoms. The van der Waals surface area contributed by atoms with Gasteiger partial charge in [0.2, 0.25) is 5.95 Å². The summed E-state index contributed by atoms with van der Waals surface area (Å²) >= 11 is 1.58. The minimum Gasteiger partial charge on any atom is -0.348 e. The quantitative estimate of drug-likeness (QED) is 0.486. The molecule has 0 radical (unpaired) electrons. The minimum absolute atomic E-state index is 0.0581. The van der Waals surface area contributed by atoms with Crippen LogP contribution >= 0.6 is 11.3 Å². The Labute approximate surface area is 185 Å². The van der Waals surface area contributed by atoms with Crippen molar-refractivity contribution in [2.75, 3.05) is 19.0 Å². The normalized spacial score (nSPS) is 10.7. The second-order valence-electron chi connectivity index (χ2n) is 7.37. The monoisotopic (exact) mass is 429 g/mol. The zero-order valence-corrected chi connectivity index (χ0v) is 18.5. The highest BCUT2D eigenvalue weighted by Gasteiger charge is 2.14. The van der Waals surface area contributed by atoms with Crippen LogP contribution in [0.1, 0.15) is 20.8 Å². The van der Waals surface area contributed by atoms with Crippen molar-refractivity contribution in [1.82, 2.24) is 20.3 Å². The number of pyridine rings is 1. The summed E-state index contributed by atoms with van der Waals surface area (Å²) in [4.78, 5) is 29.0. The molecule has 31 heavy (non-hydrogen) atoms. The highest BCUT2D eigenvalue weighted by molar-refractivity contribution is 7.10. The van der Waals surface area contributed by atoms with Crippen molar-refractivity contribution in [3.05, 3.63) is 82.3 Å². The maximum Gasteiger partial charge on any atom is 0.252 e. The molecule has 0 saturated carbocycles. The van der Waals surface area contributed by atoms with Crippen molar-refractivity contribution in [3.8, 4) is 22.5 Å². The van der Waals surface area contributed by atoms with Crippen LogP contribution in [0.4, 0.5) is 5.95 Å². The molecule has 1 amide bonds. The first kappa shape index (κ1) is 20.7. The summed E-state index contributed by atoms with van der Waals surface area (Å²) in [7, 11) is 3.83. The van der Waals surface area contributed by atoms with Crippen LogP contribution in [0.2, 0.25) is 0 Å². The summed E-state index contributed by atoms with van der Waals surface area (Å²) in [5, 5.41) is 4.85. The smallest absolute Gasteiger partial charge is 0.252 e. The molecule has 0 unspecified atom stereocenters. The summed E-state index contributed by atoms with van der Waals surface area (Å²) in [6.07, 6.45) is 3.58. The summed E-state index contributed by atoms with van der Waals surface area (Å²) < 4.78 is 0. The number of hydrogen-bond acceptors (Lipinski definition) is 6. The van der Waals surface area contributed by atoms with Crippen molar-refractivity contribution in [2.45, 2.75) is 13.5 Å². The molecule has 156 valence electrons. The van der Waals surface area contributed by atoms with Gasteiger partial charge in [0.1, 0.15) is 0 Å². The third-order valence-corrected chi connectivity index (χ3v) is 5.65. The first-order chi connectivity index (χ1) is 15.0. The van der Waals surface area contributed by atoms with Gasteiger partial charge < -0.3 is 10.2 Å². The molecule has 0 fully saturated rings. The number of amides is 1. The number of hydrogen-bond donors (Lipinski definition) is 1. The first-order valence-electron chi connectivity index (χ1n) is 9.89. The first-order valence-corrected chi connectivity index (χ1v) is 10.8. The number of aryl methyl sites for hydroxylation is 1. The van der Waals surface area contributed by atoms with E-state index in [0.717, 1.165) is 33.0 Å². The molecule has 0 spiro atoms. The number of nitrogens with zero attached hydrogens (tertiary/aromatic N) is 4. The van der Waals surface area contributed by atoms with Crippen molar-refractivity contribution in [1.29, 1.82) is 0 Å². The Morgan fingerprint density at radius 2 is 1.90 bits per heavy atom. The van der Waals surface area contributed by atoms with Gasteiger partial charge in [0, 0.05) is 54.4 Å². The van der Waals surface area contributed by atoms with Gasteiger partial charge in [-0.3, -0.25) is 9.78 Å². The standard InChI is InChI=1S/C24H23N5OS/c1-16-12-19(15-31-16)23(30)26-13-17-7-9-18(10-8-17)22-20(21-6-4-5-11-25-21)14-27-24(28-22)29(2)3/h4-12,14-15H,13H2,1-3H3,(H,26,30). The van der Waals surface area contributed by atoms with Gasteiger partial charge in [0.15, 0.2) is 0 Å². The van der Waals surface area contributed by atoms with Gasteiger partial charge in [-0.15, -0.1) is 11.3 Å². The van der Waals surface area contributed by atoms with E-state index in [1.807, 2.05) is 86.0 Å². The van der Waals surface area contributed by atoms with E-state index in [9.17, 15) is 4.79 Å². The average molecular weight is 430 g/mol. The number of rotatable bonds is 6.